The standard InChI is InChI=1S/C12H23N3/c1-5-8-15-9-11(6-7-13)14(4)10-12(15,2)3/h11H,5-6,8-10H2,1-4H3. The van der Waals surface area contributed by atoms with Crippen molar-refractivity contribution in [2.45, 2.75) is 45.2 Å². The number of nitriles is 1. The van der Waals surface area contributed by atoms with Crippen LogP contribution < -0.4 is 0 Å². The van der Waals surface area contributed by atoms with Crippen molar-refractivity contribution < 1.29 is 0 Å². The minimum absolute atomic E-state index is 0.247. The second-order valence-corrected chi connectivity index (χ2v) is 5.19. The number of piperazine rings is 1. The van der Waals surface area contributed by atoms with Crippen LogP contribution in [0.5, 0.6) is 0 Å². The Bertz CT molecular complexity index is 242. The van der Waals surface area contributed by atoms with Gasteiger partial charge in [0.05, 0.1) is 12.5 Å². The Morgan fingerprint density at radius 3 is 2.67 bits per heavy atom. The van der Waals surface area contributed by atoms with E-state index < -0.39 is 0 Å². The van der Waals surface area contributed by atoms with E-state index in [4.69, 9.17) is 5.26 Å². The van der Waals surface area contributed by atoms with E-state index in [9.17, 15) is 0 Å². The zero-order valence-electron chi connectivity index (χ0n) is 10.5. The van der Waals surface area contributed by atoms with Gasteiger partial charge in [0.1, 0.15) is 0 Å². The number of hydrogen-bond acceptors (Lipinski definition) is 3. The summed E-state index contributed by atoms with van der Waals surface area (Å²) in [5.74, 6) is 0. The molecule has 1 atom stereocenters. The maximum absolute atomic E-state index is 8.79. The van der Waals surface area contributed by atoms with Crippen molar-refractivity contribution in [1.82, 2.24) is 9.80 Å². The smallest absolute Gasteiger partial charge is 0.0638 e. The van der Waals surface area contributed by atoms with Gasteiger partial charge in [-0.2, -0.15) is 5.26 Å². The van der Waals surface area contributed by atoms with Gasteiger partial charge in [0.2, 0.25) is 0 Å². The molecule has 1 fully saturated rings. The van der Waals surface area contributed by atoms with Crippen molar-refractivity contribution in [3.8, 4) is 6.07 Å². The molecule has 0 aromatic carbocycles. The van der Waals surface area contributed by atoms with Crippen LogP contribution in [0.2, 0.25) is 0 Å². The van der Waals surface area contributed by atoms with E-state index in [0.717, 1.165) is 19.6 Å². The van der Waals surface area contributed by atoms with Crippen molar-refractivity contribution in [3.05, 3.63) is 0 Å². The van der Waals surface area contributed by atoms with Crippen molar-refractivity contribution in [1.29, 1.82) is 5.26 Å². The van der Waals surface area contributed by atoms with E-state index >= 15 is 0 Å². The molecule has 0 N–H and O–H groups in total. The summed E-state index contributed by atoms with van der Waals surface area (Å²) in [5.41, 5.74) is 0.247. The van der Waals surface area contributed by atoms with Gasteiger partial charge in [0, 0.05) is 24.7 Å². The average molecular weight is 209 g/mol. The maximum Gasteiger partial charge on any atom is 0.0638 e. The first kappa shape index (κ1) is 12.5. The highest BCUT2D eigenvalue weighted by atomic mass is 15.3. The first-order valence-corrected chi connectivity index (χ1v) is 5.83. The molecule has 15 heavy (non-hydrogen) atoms. The Kier molecular flexibility index (Phi) is 4.12. The highest BCUT2D eigenvalue weighted by molar-refractivity contribution is 4.96. The van der Waals surface area contributed by atoms with Crippen LogP contribution in [0, 0.1) is 11.3 Å². The number of likely N-dealkylation sites (N-methyl/N-ethyl adjacent to an activating group) is 1. The molecular weight excluding hydrogens is 186 g/mol. The lowest BCUT2D eigenvalue weighted by Gasteiger charge is -2.49. The van der Waals surface area contributed by atoms with Gasteiger partial charge < -0.3 is 0 Å². The third-order valence-corrected chi connectivity index (χ3v) is 3.37. The molecule has 1 saturated heterocycles. The van der Waals surface area contributed by atoms with E-state index in [2.05, 4.69) is 43.7 Å². The number of rotatable bonds is 3. The van der Waals surface area contributed by atoms with Gasteiger partial charge in [-0.1, -0.05) is 6.92 Å². The third kappa shape index (κ3) is 2.93. The van der Waals surface area contributed by atoms with Gasteiger partial charge in [-0.15, -0.1) is 0 Å². The molecule has 3 heteroatoms. The van der Waals surface area contributed by atoms with Crippen LogP contribution in [0.3, 0.4) is 0 Å². The van der Waals surface area contributed by atoms with Crippen molar-refractivity contribution in [2.24, 2.45) is 0 Å². The van der Waals surface area contributed by atoms with Gasteiger partial charge in [0.15, 0.2) is 0 Å². The molecule has 3 nitrogen and oxygen atoms in total. The lowest BCUT2D eigenvalue weighted by molar-refractivity contribution is -0.00311. The van der Waals surface area contributed by atoms with Crippen LogP contribution in [0.25, 0.3) is 0 Å². The number of nitrogens with zero attached hydrogens (tertiary/aromatic N) is 3. The highest BCUT2D eigenvalue weighted by Crippen LogP contribution is 2.24. The summed E-state index contributed by atoms with van der Waals surface area (Å²) >= 11 is 0. The molecule has 0 bridgehead atoms. The zero-order chi connectivity index (χ0) is 11.5. The van der Waals surface area contributed by atoms with Crippen LogP contribution in [-0.4, -0.2) is 48.1 Å². The van der Waals surface area contributed by atoms with Gasteiger partial charge in [-0.25, -0.2) is 0 Å². The minimum atomic E-state index is 0.247. The molecule has 0 aromatic heterocycles. The molecule has 0 spiro atoms. The second-order valence-electron chi connectivity index (χ2n) is 5.19. The van der Waals surface area contributed by atoms with E-state index in [1.165, 1.54) is 6.42 Å². The Hall–Kier alpha value is -0.590. The fourth-order valence-electron chi connectivity index (χ4n) is 2.47. The van der Waals surface area contributed by atoms with Crippen molar-refractivity contribution >= 4 is 0 Å². The normalized spacial score (nSPS) is 27.5. The van der Waals surface area contributed by atoms with Crippen LogP contribution in [0.15, 0.2) is 0 Å². The summed E-state index contributed by atoms with van der Waals surface area (Å²) in [7, 11) is 2.13. The monoisotopic (exact) mass is 209 g/mol. The Morgan fingerprint density at radius 2 is 2.13 bits per heavy atom. The molecule has 0 amide bonds. The minimum Gasteiger partial charge on any atom is -0.299 e. The molecule has 1 unspecified atom stereocenters. The van der Waals surface area contributed by atoms with Crippen LogP contribution in [0.1, 0.15) is 33.6 Å². The fraction of sp³-hybridized carbons (Fsp3) is 0.917. The Labute approximate surface area is 93.7 Å². The van der Waals surface area contributed by atoms with Crippen molar-refractivity contribution in [3.63, 3.8) is 0 Å². The Morgan fingerprint density at radius 1 is 1.47 bits per heavy atom. The highest BCUT2D eigenvalue weighted by Gasteiger charge is 2.36. The quantitative estimate of drug-likeness (QED) is 0.709. The third-order valence-electron chi connectivity index (χ3n) is 3.37. The first-order valence-electron chi connectivity index (χ1n) is 5.83. The SMILES string of the molecule is CCCN1CC(CC#N)N(C)CC1(C)C. The van der Waals surface area contributed by atoms with E-state index in [0.29, 0.717) is 12.5 Å². The van der Waals surface area contributed by atoms with Gasteiger partial charge >= 0.3 is 0 Å². The summed E-state index contributed by atoms with van der Waals surface area (Å²) in [6.07, 6.45) is 1.83. The summed E-state index contributed by atoms with van der Waals surface area (Å²) in [5, 5.41) is 8.79. The molecule has 0 saturated carbocycles. The number of hydrogen-bond donors (Lipinski definition) is 0. The molecule has 1 rings (SSSR count). The van der Waals surface area contributed by atoms with Crippen LogP contribution in [-0.2, 0) is 0 Å². The molecule has 0 radical (unpaired) electrons. The Balaban J connectivity index is 2.67. The summed E-state index contributed by atoms with van der Waals surface area (Å²) in [6, 6.07) is 2.70. The van der Waals surface area contributed by atoms with Gasteiger partial charge in [-0.05, 0) is 33.9 Å². The van der Waals surface area contributed by atoms with E-state index in [1.54, 1.807) is 0 Å². The molecular formula is C12H23N3. The first-order chi connectivity index (χ1) is 7.01. The molecule has 0 aliphatic carbocycles. The van der Waals surface area contributed by atoms with E-state index in [1.807, 2.05) is 0 Å². The molecule has 1 heterocycles. The molecule has 86 valence electrons. The zero-order valence-corrected chi connectivity index (χ0v) is 10.5. The lowest BCUT2D eigenvalue weighted by atomic mass is 9.94. The molecule has 0 aromatic rings. The predicted molar refractivity (Wildman–Crippen MR) is 62.6 cm³/mol. The average Bonchev–Trinajstić information content (AvgIpc) is 2.13. The van der Waals surface area contributed by atoms with Crippen molar-refractivity contribution in [2.75, 3.05) is 26.7 Å². The predicted octanol–water partition coefficient (Wildman–Crippen LogP) is 1.70. The van der Waals surface area contributed by atoms with E-state index in [-0.39, 0.29) is 5.54 Å². The van der Waals surface area contributed by atoms with Crippen LogP contribution >= 0.6 is 0 Å². The second kappa shape index (κ2) is 4.96. The maximum atomic E-state index is 8.79. The summed E-state index contributed by atoms with van der Waals surface area (Å²) < 4.78 is 0. The van der Waals surface area contributed by atoms with Gasteiger partial charge in [-0.3, -0.25) is 9.80 Å². The van der Waals surface area contributed by atoms with Gasteiger partial charge in [0.25, 0.3) is 0 Å². The molecule has 1 aliphatic rings. The van der Waals surface area contributed by atoms with Crippen LogP contribution in [0.4, 0.5) is 0 Å². The topological polar surface area (TPSA) is 30.3 Å². The summed E-state index contributed by atoms with van der Waals surface area (Å²) in [4.78, 5) is 4.85. The largest absolute Gasteiger partial charge is 0.299 e. The lowest BCUT2D eigenvalue weighted by Crippen LogP contribution is -2.62. The summed E-state index contributed by atoms with van der Waals surface area (Å²) in [6.45, 7) is 10.0. The fourth-order valence-corrected chi connectivity index (χ4v) is 2.47. The molecule has 1 aliphatic heterocycles.